The summed E-state index contributed by atoms with van der Waals surface area (Å²) in [7, 11) is -1.59. The van der Waals surface area contributed by atoms with E-state index in [-0.39, 0.29) is 10.7 Å². The van der Waals surface area contributed by atoms with Gasteiger partial charge < -0.3 is 4.57 Å². The standard InChI is InChI=1S/C12H12ClN3O4S/c1-15-7-10(11(17)16(2)12(15)18)21(19,20)14-9-6-4-3-5-8(9)13/h3-7,14H,1-2H3. The van der Waals surface area contributed by atoms with Crippen molar-refractivity contribution in [1.82, 2.24) is 9.13 Å². The quantitative estimate of drug-likeness (QED) is 0.889. The zero-order valence-electron chi connectivity index (χ0n) is 11.2. The van der Waals surface area contributed by atoms with E-state index in [0.717, 1.165) is 15.3 Å². The molecule has 0 fully saturated rings. The van der Waals surface area contributed by atoms with Gasteiger partial charge in [0.2, 0.25) is 0 Å². The van der Waals surface area contributed by atoms with Crippen LogP contribution in [0.15, 0.2) is 44.9 Å². The molecule has 0 amide bonds. The molecular formula is C12H12ClN3O4S. The Balaban J connectivity index is 2.59. The van der Waals surface area contributed by atoms with Crippen LogP contribution in [0.5, 0.6) is 0 Å². The second-order valence-corrected chi connectivity index (χ2v) is 6.39. The summed E-state index contributed by atoms with van der Waals surface area (Å²) in [6, 6.07) is 6.22. The van der Waals surface area contributed by atoms with Gasteiger partial charge in [-0.3, -0.25) is 14.1 Å². The molecule has 0 spiro atoms. The normalized spacial score (nSPS) is 11.4. The molecule has 0 unspecified atom stereocenters. The minimum Gasteiger partial charge on any atom is -0.302 e. The first-order valence-electron chi connectivity index (χ1n) is 5.78. The lowest BCUT2D eigenvalue weighted by Gasteiger charge is -2.10. The maximum Gasteiger partial charge on any atom is 0.330 e. The molecule has 0 aliphatic rings. The third-order valence-corrected chi connectivity index (χ3v) is 4.50. The van der Waals surface area contributed by atoms with Crippen LogP contribution in [-0.4, -0.2) is 17.6 Å². The highest BCUT2D eigenvalue weighted by atomic mass is 35.5. The van der Waals surface area contributed by atoms with Crippen molar-refractivity contribution < 1.29 is 8.42 Å². The molecule has 0 aliphatic heterocycles. The maximum absolute atomic E-state index is 12.3. The van der Waals surface area contributed by atoms with E-state index in [4.69, 9.17) is 11.6 Å². The van der Waals surface area contributed by atoms with Crippen molar-refractivity contribution in [2.75, 3.05) is 4.72 Å². The van der Waals surface area contributed by atoms with Crippen molar-refractivity contribution in [1.29, 1.82) is 0 Å². The number of nitrogens with zero attached hydrogens (tertiary/aromatic N) is 2. The van der Waals surface area contributed by atoms with Gasteiger partial charge in [-0.1, -0.05) is 23.7 Å². The Morgan fingerprint density at radius 2 is 1.76 bits per heavy atom. The first-order chi connectivity index (χ1) is 9.74. The van der Waals surface area contributed by atoms with Crippen LogP contribution < -0.4 is 16.0 Å². The lowest BCUT2D eigenvalue weighted by Crippen LogP contribution is -2.40. The van der Waals surface area contributed by atoms with Crippen molar-refractivity contribution in [3.05, 3.63) is 56.3 Å². The van der Waals surface area contributed by atoms with Gasteiger partial charge in [-0.25, -0.2) is 13.2 Å². The molecule has 0 atom stereocenters. The summed E-state index contributed by atoms with van der Waals surface area (Å²) in [5.41, 5.74) is -1.37. The SMILES string of the molecule is Cn1cc(S(=O)(=O)Nc2ccccc2Cl)c(=O)n(C)c1=O. The van der Waals surface area contributed by atoms with Gasteiger partial charge in [0, 0.05) is 20.3 Å². The topological polar surface area (TPSA) is 90.2 Å². The van der Waals surface area contributed by atoms with Crippen LogP contribution in [0.1, 0.15) is 0 Å². The summed E-state index contributed by atoms with van der Waals surface area (Å²) in [6.45, 7) is 0. The number of nitrogens with one attached hydrogen (secondary N) is 1. The predicted molar refractivity (Wildman–Crippen MR) is 79.2 cm³/mol. The molecule has 112 valence electrons. The van der Waals surface area contributed by atoms with Gasteiger partial charge in [-0.15, -0.1) is 0 Å². The summed E-state index contributed by atoms with van der Waals surface area (Å²) < 4.78 is 28.6. The minimum atomic E-state index is -4.16. The molecule has 0 saturated carbocycles. The number of benzene rings is 1. The van der Waals surface area contributed by atoms with Crippen LogP contribution in [0.4, 0.5) is 5.69 Å². The molecule has 1 aromatic heterocycles. The number of aromatic nitrogens is 2. The number of anilines is 1. The largest absolute Gasteiger partial charge is 0.330 e. The molecule has 0 saturated heterocycles. The minimum absolute atomic E-state index is 0.148. The second-order valence-electron chi connectivity index (χ2n) is 4.34. The first kappa shape index (κ1) is 15.3. The zero-order chi connectivity index (χ0) is 15.8. The molecule has 0 aliphatic carbocycles. The fourth-order valence-corrected chi connectivity index (χ4v) is 3.18. The molecular weight excluding hydrogens is 318 g/mol. The molecule has 9 heteroatoms. The molecule has 1 N–H and O–H groups in total. The van der Waals surface area contributed by atoms with Gasteiger partial charge in [0.15, 0.2) is 4.90 Å². The lowest BCUT2D eigenvalue weighted by molar-refractivity contribution is 0.589. The van der Waals surface area contributed by atoms with Crippen LogP contribution in [0, 0.1) is 0 Å². The molecule has 1 aromatic carbocycles. The van der Waals surface area contributed by atoms with E-state index < -0.39 is 26.2 Å². The zero-order valence-corrected chi connectivity index (χ0v) is 12.8. The fourth-order valence-electron chi connectivity index (χ4n) is 1.70. The van der Waals surface area contributed by atoms with Crippen LogP contribution in [-0.2, 0) is 24.1 Å². The number of hydrogen-bond donors (Lipinski definition) is 1. The monoisotopic (exact) mass is 329 g/mol. The highest BCUT2D eigenvalue weighted by Gasteiger charge is 2.22. The smallest absolute Gasteiger partial charge is 0.302 e. The predicted octanol–water partition coefficient (Wildman–Crippen LogP) is 0.538. The van der Waals surface area contributed by atoms with Crippen LogP contribution in [0.3, 0.4) is 0 Å². The number of sulfonamides is 1. The number of aryl methyl sites for hydroxylation is 1. The van der Waals surface area contributed by atoms with Gasteiger partial charge in [-0.05, 0) is 12.1 Å². The molecule has 0 bridgehead atoms. The first-order valence-corrected chi connectivity index (χ1v) is 7.64. The molecule has 2 rings (SSSR count). The lowest BCUT2D eigenvalue weighted by atomic mass is 10.3. The van der Waals surface area contributed by atoms with Crippen molar-refractivity contribution in [3.63, 3.8) is 0 Å². The third-order valence-electron chi connectivity index (χ3n) is 2.82. The van der Waals surface area contributed by atoms with E-state index >= 15 is 0 Å². The number of hydrogen-bond acceptors (Lipinski definition) is 4. The van der Waals surface area contributed by atoms with Crippen molar-refractivity contribution in [2.45, 2.75) is 4.90 Å². The van der Waals surface area contributed by atoms with Crippen LogP contribution in [0.25, 0.3) is 0 Å². The summed E-state index contributed by atoms with van der Waals surface area (Å²) in [5, 5.41) is 0.197. The van der Waals surface area contributed by atoms with Gasteiger partial charge in [0.25, 0.3) is 15.6 Å². The number of para-hydroxylation sites is 1. The van der Waals surface area contributed by atoms with Gasteiger partial charge in [-0.2, -0.15) is 0 Å². The Kier molecular flexibility index (Phi) is 3.93. The van der Waals surface area contributed by atoms with Crippen molar-refractivity contribution in [3.8, 4) is 0 Å². The molecule has 2 aromatic rings. The van der Waals surface area contributed by atoms with E-state index in [0.29, 0.717) is 0 Å². The number of rotatable bonds is 3. The van der Waals surface area contributed by atoms with Gasteiger partial charge in [0.05, 0.1) is 10.7 Å². The summed E-state index contributed by atoms with van der Waals surface area (Å²) in [6.07, 6.45) is 0.976. The Labute approximate surface area is 125 Å². The fraction of sp³-hybridized carbons (Fsp3) is 0.167. The highest BCUT2D eigenvalue weighted by molar-refractivity contribution is 7.92. The maximum atomic E-state index is 12.3. The van der Waals surface area contributed by atoms with Gasteiger partial charge >= 0.3 is 5.69 Å². The average molecular weight is 330 g/mol. The average Bonchev–Trinajstić information content (AvgIpc) is 2.42. The van der Waals surface area contributed by atoms with Crippen LogP contribution >= 0.6 is 11.6 Å². The highest BCUT2D eigenvalue weighted by Crippen LogP contribution is 2.22. The van der Waals surface area contributed by atoms with E-state index in [1.807, 2.05) is 0 Å². The summed E-state index contributed by atoms with van der Waals surface area (Å²) >= 11 is 5.88. The Hall–Kier alpha value is -2.06. The van der Waals surface area contributed by atoms with E-state index in [2.05, 4.69) is 4.72 Å². The van der Waals surface area contributed by atoms with Crippen LogP contribution in [0.2, 0.25) is 5.02 Å². The van der Waals surface area contributed by atoms with E-state index in [1.54, 1.807) is 12.1 Å². The molecule has 21 heavy (non-hydrogen) atoms. The second kappa shape index (κ2) is 5.38. The van der Waals surface area contributed by atoms with Crippen molar-refractivity contribution in [2.24, 2.45) is 14.1 Å². The Bertz CT molecular complexity index is 915. The Morgan fingerprint density at radius 1 is 1.14 bits per heavy atom. The molecule has 0 radical (unpaired) electrons. The Morgan fingerprint density at radius 3 is 2.38 bits per heavy atom. The summed E-state index contributed by atoms with van der Waals surface area (Å²) in [5.74, 6) is 0. The van der Waals surface area contributed by atoms with Gasteiger partial charge in [0.1, 0.15) is 0 Å². The van der Waals surface area contributed by atoms with E-state index in [9.17, 15) is 18.0 Å². The molecule has 7 nitrogen and oxygen atoms in total. The summed E-state index contributed by atoms with van der Waals surface area (Å²) in [4.78, 5) is 23.0. The number of halogens is 1. The third kappa shape index (κ3) is 2.86. The molecule has 1 heterocycles. The van der Waals surface area contributed by atoms with Crippen molar-refractivity contribution >= 4 is 27.3 Å². The van der Waals surface area contributed by atoms with E-state index in [1.165, 1.54) is 26.2 Å².